The fourth-order valence-electron chi connectivity index (χ4n) is 3.24. The zero-order valence-corrected chi connectivity index (χ0v) is 14.8. The monoisotopic (exact) mass is 393 g/mol. The lowest BCUT2D eigenvalue weighted by molar-refractivity contribution is -0.384. The van der Waals surface area contributed by atoms with Crippen LogP contribution in [0.2, 0.25) is 0 Å². The third-order valence-electron chi connectivity index (χ3n) is 4.71. The average molecular weight is 393 g/mol. The van der Waals surface area contributed by atoms with Gasteiger partial charge in [0.05, 0.1) is 10.5 Å². The summed E-state index contributed by atoms with van der Waals surface area (Å²) in [5.41, 5.74) is -0.913. The van der Waals surface area contributed by atoms with Gasteiger partial charge in [-0.1, -0.05) is 18.2 Å². The van der Waals surface area contributed by atoms with Crippen LogP contribution in [0, 0.1) is 10.1 Å². The predicted molar refractivity (Wildman–Crippen MR) is 97.2 cm³/mol. The van der Waals surface area contributed by atoms with Crippen molar-refractivity contribution in [1.29, 1.82) is 0 Å². The van der Waals surface area contributed by atoms with Gasteiger partial charge in [0, 0.05) is 30.8 Å². The molecule has 1 amide bonds. The number of carbonyl (C=O) groups is 1. The number of halogens is 3. The minimum absolute atomic E-state index is 0.0996. The second kappa shape index (κ2) is 7.87. The van der Waals surface area contributed by atoms with Crippen molar-refractivity contribution < 1.29 is 22.9 Å². The van der Waals surface area contributed by atoms with Gasteiger partial charge in [-0.25, -0.2) is 0 Å². The summed E-state index contributed by atoms with van der Waals surface area (Å²) in [4.78, 5) is 24.4. The Kier molecular flexibility index (Phi) is 5.53. The number of amides is 1. The Morgan fingerprint density at radius 1 is 1.11 bits per heavy atom. The molecule has 2 aromatic rings. The Hall–Kier alpha value is -3.10. The molecule has 1 N–H and O–H groups in total. The summed E-state index contributed by atoms with van der Waals surface area (Å²) >= 11 is 0. The number of piperidine rings is 1. The van der Waals surface area contributed by atoms with Gasteiger partial charge in [-0.2, -0.15) is 13.2 Å². The number of anilines is 1. The standard InChI is InChI=1S/C19H18F3N3O3/c20-19(21,22)14-6-7-16(17(12-14)25(27)28)24-10-8-15(9-11-24)23-18(26)13-4-2-1-3-5-13/h1-7,12,15H,8-11H2,(H,23,26). The molecule has 1 aliphatic rings. The van der Waals surface area contributed by atoms with E-state index >= 15 is 0 Å². The average Bonchev–Trinajstić information content (AvgIpc) is 2.68. The Morgan fingerprint density at radius 2 is 1.75 bits per heavy atom. The molecule has 28 heavy (non-hydrogen) atoms. The Bertz CT molecular complexity index is 864. The third-order valence-corrected chi connectivity index (χ3v) is 4.71. The van der Waals surface area contributed by atoms with E-state index in [1.165, 1.54) is 0 Å². The molecule has 0 aromatic heterocycles. The molecular weight excluding hydrogens is 375 g/mol. The summed E-state index contributed by atoms with van der Waals surface area (Å²) in [5, 5.41) is 14.2. The van der Waals surface area contributed by atoms with E-state index < -0.39 is 22.4 Å². The minimum atomic E-state index is -4.64. The highest BCUT2D eigenvalue weighted by molar-refractivity contribution is 5.94. The lowest BCUT2D eigenvalue weighted by Crippen LogP contribution is -2.44. The molecule has 0 radical (unpaired) electrons. The molecule has 0 bridgehead atoms. The lowest BCUT2D eigenvalue weighted by atomic mass is 10.0. The van der Waals surface area contributed by atoms with Crippen LogP contribution in [0.4, 0.5) is 24.5 Å². The van der Waals surface area contributed by atoms with Crippen LogP contribution in [0.25, 0.3) is 0 Å². The molecule has 3 rings (SSSR count). The molecule has 0 unspecified atom stereocenters. The van der Waals surface area contributed by atoms with Crippen LogP contribution in [0.3, 0.4) is 0 Å². The molecule has 9 heteroatoms. The number of alkyl halides is 3. The molecule has 6 nitrogen and oxygen atoms in total. The molecule has 1 fully saturated rings. The number of nitro benzene ring substituents is 1. The van der Waals surface area contributed by atoms with Gasteiger partial charge >= 0.3 is 6.18 Å². The molecule has 1 heterocycles. The van der Waals surface area contributed by atoms with Gasteiger partial charge < -0.3 is 10.2 Å². The molecule has 0 atom stereocenters. The number of rotatable bonds is 4. The van der Waals surface area contributed by atoms with Crippen molar-refractivity contribution in [1.82, 2.24) is 5.32 Å². The predicted octanol–water partition coefficient (Wildman–Crippen LogP) is 4.01. The number of benzene rings is 2. The molecule has 1 saturated heterocycles. The normalized spacial score (nSPS) is 15.3. The second-order valence-electron chi connectivity index (χ2n) is 6.56. The van der Waals surface area contributed by atoms with Gasteiger partial charge in [0.25, 0.3) is 11.6 Å². The van der Waals surface area contributed by atoms with Crippen LogP contribution in [-0.4, -0.2) is 30.0 Å². The van der Waals surface area contributed by atoms with Gasteiger partial charge in [0.15, 0.2) is 0 Å². The van der Waals surface area contributed by atoms with Gasteiger partial charge in [-0.3, -0.25) is 14.9 Å². The fraction of sp³-hybridized carbons (Fsp3) is 0.316. The first-order valence-corrected chi connectivity index (χ1v) is 8.72. The maximum absolute atomic E-state index is 12.8. The molecule has 0 saturated carbocycles. The van der Waals surface area contributed by atoms with Gasteiger partial charge in [0.2, 0.25) is 0 Å². The van der Waals surface area contributed by atoms with Crippen molar-refractivity contribution in [3.05, 3.63) is 69.8 Å². The zero-order valence-electron chi connectivity index (χ0n) is 14.8. The largest absolute Gasteiger partial charge is 0.416 e. The third kappa shape index (κ3) is 4.41. The van der Waals surface area contributed by atoms with Crippen LogP contribution in [0.15, 0.2) is 48.5 Å². The number of nitrogens with zero attached hydrogens (tertiary/aromatic N) is 2. The Balaban J connectivity index is 1.68. The number of hydrogen-bond acceptors (Lipinski definition) is 4. The number of carbonyl (C=O) groups excluding carboxylic acids is 1. The molecular formula is C19H18F3N3O3. The van der Waals surface area contributed by atoms with Gasteiger partial charge in [-0.05, 0) is 37.1 Å². The van der Waals surface area contributed by atoms with Crippen LogP contribution in [0.1, 0.15) is 28.8 Å². The van der Waals surface area contributed by atoms with E-state index in [1.54, 1.807) is 29.2 Å². The molecule has 0 aliphatic carbocycles. The first-order chi connectivity index (χ1) is 13.3. The maximum atomic E-state index is 12.8. The van der Waals surface area contributed by atoms with Gasteiger partial charge in [-0.15, -0.1) is 0 Å². The Labute approximate surface area is 159 Å². The van der Waals surface area contributed by atoms with E-state index in [9.17, 15) is 28.1 Å². The molecule has 1 aliphatic heterocycles. The van der Waals surface area contributed by atoms with E-state index in [0.29, 0.717) is 37.6 Å². The van der Waals surface area contributed by atoms with Crippen LogP contribution in [0.5, 0.6) is 0 Å². The first kappa shape index (κ1) is 19.7. The summed E-state index contributed by atoms with van der Waals surface area (Å²) in [7, 11) is 0. The fourth-order valence-corrected chi connectivity index (χ4v) is 3.24. The highest BCUT2D eigenvalue weighted by Gasteiger charge is 2.34. The SMILES string of the molecule is O=C(NC1CCN(c2ccc(C(F)(F)F)cc2[N+](=O)[O-])CC1)c1ccccc1. The Morgan fingerprint density at radius 3 is 2.32 bits per heavy atom. The zero-order chi connectivity index (χ0) is 20.3. The minimum Gasteiger partial charge on any atom is -0.366 e. The molecule has 2 aromatic carbocycles. The summed E-state index contributed by atoms with van der Waals surface area (Å²) in [6.07, 6.45) is -3.56. The summed E-state index contributed by atoms with van der Waals surface area (Å²) in [6.45, 7) is 0.790. The highest BCUT2D eigenvalue weighted by Crippen LogP contribution is 2.37. The van der Waals surface area contributed by atoms with Crippen molar-refractivity contribution in [2.75, 3.05) is 18.0 Å². The molecule has 148 valence electrons. The van der Waals surface area contributed by atoms with Crippen LogP contribution in [-0.2, 0) is 6.18 Å². The summed E-state index contributed by atoms with van der Waals surface area (Å²) in [5.74, 6) is -0.195. The van der Waals surface area contributed by atoms with Crippen molar-refractivity contribution in [2.45, 2.75) is 25.1 Å². The van der Waals surface area contributed by atoms with E-state index in [1.807, 2.05) is 6.07 Å². The highest BCUT2D eigenvalue weighted by atomic mass is 19.4. The van der Waals surface area contributed by atoms with Crippen LogP contribution >= 0.6 is 0 Å². The van der Waals surface area contributed by atoms with Crippen molar-refractivity contribution in [2.24, 2.45) is 0 Å². The van der Waals surface area contributed by atoms with Gasteiger partial charge in [0.1, 0.15) is 5.69 Å². The lowest BCUT2D eigenvalue weighted by Gasteiger charge is -2.33. The first-order valence-electron chi connectivity index (χ1n) is 8.72. The summed E-state index contributed by atoms with van der Waals surface area (Å²) in [6, 6.07) is 11.2. The van der Waals surface area contributed by atoms with E-state index in [2.05, 4.69) is 5.32 Å². The second-order valence-corrected chi connectivity index (χ2v) is 6.56. The molecule has 0 spiro atoms. The maximum Gasteiger partial charge on any atom is 0.416 e. The number of nitro groups is 1. The number of hydrogen-bond donors (Lipinski definition) is 1. The van der Waals surface area contributed by atoms with Crippen LogP contribution < -0.4 is 10.2 Å². The van der Waals surface area contributed by atoms with Crippen molar-refractivity contribution in [3.8, 4) is 0 Å². The number of nitrogens with one attached hydrogen (secondary N) is 1. The summed E-state index contributed by atoms with van der Waals surface area (Å²) < 4.78 is 38.5. The van der Waals surface area contributed by atoms with E-state index in [-0.39, 0.29) is 17.6 Å². The quantitative estimate of drug-likeness (QED) is 0.629. The topological polar surface area (TPSA) is 75.5 Å². The van der Waals surface area contributed by atoms with Crippen molar-refractivity contribution in [3.63, 3.8) is 0 Å². The van der Waals surface area contributed by atoms with E-state index in [0.717, 1.165) is 12.1 Å². The van der Waals surface area contributed by atoms with Crippen molar-refractivity contribution >= 4 is 17.3 Å². The smallest absolute Gasteiger partial charge is 0.366 e. The van der Waals surface area contributed by atoms with E-state index in [4.69, 9.17) is 0 Å².